The number of hydrogen-bond donors (Lipinski definition) is 0. The lowest BCUT2D eigenvalue weighted by molar-refractivity contribution is -0.0986. The molecule has 2 aliphatic rings. The first-order chi connectivity index (χ1) is 9.56. The van der Waals surface area contributed by atoms with Gasteiger partial charge in [-0.15, -0.1) is 0 Å². The zero-order valence-corrected chi connectivity index (χ0v) is 17.0. The van der Waals surface area contributed by atoms with Gasteiger partial charge in [0.2, 0.25) is 0 Å². The highest BCUT2D eigenvalue weighted by Crippen LogP contribution is 2.51. The first-order valence-corrected chi connectivity index (χ1v) is 12.4. The number of ether oxygens (including phenoxy) is 1. The van der Waals surface area contributed by atoms with Crippen LogP contribution in [-0.4, -0.2) is 31.1 Å². The van der Waals surface area contributed by atoms with E-state index in [-0.39, 0.29) is 11.0 Å². The van der Waals surface area contributed by atoms with Crippen molar-refractivity contribution in [1.82, 2.24) is 0 Å². The summed E-state index contributed by atoms with van der Waals surface area (Å²) in [5.41, 5.74) is 1.75. The Hall–Kier alpha value is 0.357. The van der Waals surface area contributed by atoms with Gasteiger partial charge in [-0.2, -0.15) is 0 Å². The van der Waals surface area contributed by atoms with Crippen molar-refractivity contribution < 1.29 is 9.16 Å². The molecule has 0 N–H and O–H groups in total. The molecule has 0 aromatic carbocycles. The van der Waals surface area contributed by atoms with Crippen LogP contribution in [0, 0.1) is 5.41 Å². The number of rotatable bonds is 4. The molecule has 0 radical (unpaired) electrons. The molecule has 0 heterocycles. The van der Waals surface area contributed by atoms with Crippen molar-refractivity contribution in [3.63, 3.8) is 0 Å². The first-order valence-electron chi connectivity index (χ1n) is 8.18. The molecule has 2 rings (SSSR count). The predicted octanol–water partition coefficient (Wildman–Crippen LogP) is 5.21. The van der Waals surface area contributed by atoms with Crippen LogP contribution in [-0.2, 0) is 9.16 Å². The Kier molecular flexibility index (Phi) is 5.14. The highest BCUT2D eigenvalue weighted by molar-refractivity contribution is 9.09. The molecule has 2 aliphatic carbocycles. The summed E-state index contributed by atoms with van der Waals surface area (Å²) in [5.74, 6) is 0. The smallest absolute Gasteiger partial charge is 0.197 e. The molecule has 122 valence electrons. The summed E-state index contributed by atoms with van der Waals surface area (Å²) in [6.45, 7) is 13.5. The number of fused-ring (bicyclic) bond motifs is 1. The van der Waals surface area contributed by atoms with Crippen molar-refractivity contribution in [2.75, 3.05) is 4.95 Å². The van der Waals surface area contributed by atoms with Gasteiger partial charge in [0.15, 0.2) is 8.32 Å². The lowest BCUT2D eigenvalue weighted by Gasteiger charge is -2.41. The molecular weight excluding hydrogens is 344 g/mol. The number of halogens is 1. The van der Waals surface area contributed by atoms with E-state index in [1.54, 1.807) is 5.57 Å². The minimum atomic E-state index is -1.55. The van der Waals surface area contributed by atoms with Crippen molar-refractivity contribution in [2.24, 2.45) is 5.41 Å². The normalized spacial score (nSPS) is 33.8. The van der Waals surface area contributed by atoms with E-state index in [0.29, 0.717) is 12.2 Å². The van der Waals surface area contributed by atoms with Crippen molar-refractivity contribution in [3.05, 3.63) is 11.6 Å². The molecule has 0 unspecified atom stereocenters. The Morgan fingerprint density at radius 2 is 2.00 bits per heavy atom. The lowest BCUT2D eigenvalue weighted by Crippen LogP contribution is -2.42. The molecule has 1 saturated carbocycles. The van der Waals surface area contributed by atoms with Gasteiger partial charge in [-0.05, 0) is 59.5 Å². The monoisotopic (exact) mass is 374 g/mol. The summed E-state index contributed by atoms with van der Waals surface area (Å²) in [6.07, 6.45) is 7.77. The van der Waals surface area contributed by atoms with Crippen molar-refractivity contribution in [3.8, 4) is 0 Å². The zero-order valence-electron chi connectivity index (χ0n) is 14.5. The molecule has 4 heteroatoms. The van der Waals surface area contributed by atoms with Gasteiger partial charge >= 0.3 is 0 Å². The predicted molar refractivity (Wildman–Crippen MR) is 95.4 cm³/mol. The van der Waals surface area contributed by atoms with Gasteiger partial charge in [0, 0.05) is 10.4 Å². The molecule has 0 aromatic heterocycles. The standard InChI is InChI=1S/C17H31BrO2Si/c1-16(2,3)19-15-8-7-13-11-14(9-10-17(13,15)4)20-21(5,6)12-18/h11,14-15H,7-10,12H2,1-6H3/t14-,15-,17-/m0/s1. The summed E-state index contributed by atoms with van der Waals surface area (Å²) in [4.78, 5) is 1.01. The Morgan fingerprint density at radius 3 is 2.57 bits per heavy atom. The number of hydrogen-bond acceptors (Lipinski definition) is 2. The molecule has 0 aliphatic heterocycles. The summed E-state index contributed by atoms with van der Waals surface area (Å²) >= 11 is 3.60. The third-order valence-electron chi connectivity index (χ3n) is 4.74. The van der Waals surface area contributed by atoms with Crippen LogP contribution in [0.2, 0.25) is 13.1 Å². The molecule has 0 aromatic rings. The molecule has 1 fully saturated rings. The second-order valence-corrected chi connectivity index (χ2v) is 14.2. The van der Waals surface area contributed by atoms with E-state index in [9.17, 15) is 0 Å². The zero-order chi connectivity index (χ0) is 15.9. The van der Waals surface area contributed by atoms with Crippen LogP contribution in [0.1, 0.15) is 53.4 Å². The van der Waals surface area contributed by atoms with Crippen molar-refractivity contribution >= 4 is 24.2 Å². The third-order valence-corrected chi connectivity index (χ3v) is 10.4. The van der Waals surface area contributed by atoms with Gasteiger partial charge in [0.05, 0.1) is 17.8 Å². The van der Waals surface area contributed by atoms with Gasteiger partial charge in [0.1, 0.15) is 0 Å². The summed E-state index contributed by atoms with van der Waals surface area (Å²) in [7, 11) is -1.55. The quantitative estimate of drug-likeness (QED) is 0.381. The minimum Gasteiger partial charge on any atom is -0.410 e. The van der Waals surface area contributed by atoms with Crippen LogP contribution < -0.4 is 0 Å². The van der Waals surface area contributed by atoms with Crippen LogP contribution >= 0.6 is 15.9 Å². The van der Waals surface area contributed by atoms with Crippen LogP contribution in [0.25, 0.3) is 0 Å². The van der Waals surface area contributed by atoms with Crippen LogP contribution in [0.4, 0.5) is 0 Å². The topological polar surface area (TPSA) is 18.5 Å². The third kappa shape index (κ3) is 4.21. The lowest BCUT2D eigenvalue weighted by atomic mass is 9.73. The Labute approximate surface area is 139 Å². The van der Waals surface area contributed by atoms with Crippen LogP contribution in [0.3, 0.4) is 0 Å². The van der Waals surface area contributed by atoms with E-state index < -0.39 is 8.32 Å². The van der Waals surface area contributed by atoms with Gasteiger partial charge in [-0.25, -0.2) is 0 Å². The molecular formula is C17H31BrO2Si. The van der Waals surface area contributed by atoms with E-state index in [2.05, 4.69) is 62.8 Å². The summed E-state index contributed by atoms with van der Waals surface area (Å²) in [5, 5.41) is 0. The molecule has 3 atom stereocenters. The Balaban J connectivity index is 2.10. The van der Waals surface area contributed by atoms with Crippen molar-refractivity contribution in [1.29, 1.82) is 0 Å². The Morgan fingerprint density at radius 1 is 1.33 bits per heavy atom. The molecule has 0 saturated heterocycles. The van der Waals surface area contributed by atoms with Crippen LogP contribution in [0.15, 0.2) is 11.6 Å². The van der Waals surface area contributed by atoms with E-state index in [1.165, 1.54) is 12.8 Å². The largest absolute Gasteiger partial charge is 0.410 e. The second-order valence-electron chi connectivity index (χ2n) is 8.46. The van der Waals surface area contributed by atoms with E-state index in [4.69, 9.17) is 9.16 Å². The molecule has 2 nitrogen and oxygen atoms in total. The van der Waals surface area contributed by atoms with Gasteiger partial charge < -0.3 is 9.16 Å². The highest BCUT2D eigenvalue weighted by Gasteiger charge is 2.47. The first kappa shape index (κ1) is 17.7. The average molecular weight is 375 g/mol. The van der Waals surface area contributed by atoms with Gasteiger partial charge in [-0.1, -0.05) is 34.5 Å². The number of alkyl halides is 1. The van der Waals surface area contributed by atoms with Crippen molar-refractivity contribution in [2.45, 2.75) is 84.3 Å². The molecule has 0 bridgehead atoms. The fraction of sp³-hybridized carbons (Fsp3) is 0.882. The summed E-state index contributed by atoms with van der Waals surface area (Å²) in [6, 6.07) is 0. The second kappa shape index (κ2) is 6.10. The fourth-order valence-corrected chi connectivity index (χ4v) is 5.06. The maximum absolute atomic E-state index is 6.39. The van der Waals surface area contributed by atoms with E-state index in [0.717, 1.165) is 17.8 Å². The SMILES string of the molecule is CC(C)(C)O[C@H]1CCC2=C[C@@H](O[Si](C)(C)CBr)CC[C@@]21C. The maximum atomic E-state index is 6.39. The summed E-state index contributed by atoms with van der Waals surface area (Å²) < 4.78 is 12.7. The van der Waals surface area contributed by atoms with E-state index in [1.807, 2.05) is 0 Å². The van der Waals surface area contributed by atoms with Gasteiger partial charge in [0.25, 0.3) is 0 Å². The molecule has 0 amide bonds. The fourth-order valence-electron chi connectivity index (χ4n) is 3.59. The molecule has 21 heavy (non-hydrogen) atoms. The Bertz CT molecular complexity index is 414. The van der Waals surface area contributed by atoms with Crippen LogP contribution in [0.5, 0.6) is 0 Å². The average Bonchev–Trinajstić information content (AvgIpc) is 2.65. The van der Waals surface area contributed by atoms with Gasteiger partial charge in [-0.3, -0.25) is 0 Å². The minimum absolute atomic E-state index is 0.0542. The molecule has 0 spiro atoms. The maximum Gasteiger partial charge on any atom is 0.197 e. The van der Waals surface area contributed by atoms with E-state index >= 15 is 0 Å². The highest BCUT2D eigenvalue weighted by atomic mass is 79.9.